The number of benzene rings is 3. The van der Waals surface area contributed by atoms with E-state index in [1.165, 1.54) is 17.7 Å². The van der Waals surface area contributed by atoms with E-state index in [1.807, 2.05) is 37.3 Å². The Morgan fingerprint density at radius 1 is 1.02 bits per heavy atom. The lowest BCUT2D eigenvalue weighted by atomic mass is 10.00. The maximum absolute atomic E-state index is 13.8. The normalized spacial score (nSPS) is 12.8. The summed E-state index contributed by atoms with van der Waals surface area (Å²) < 4.78 is 33.2. The maximum Gasteiger partial charge on any atom is 0.220 e. The Morgan fingerprint density at radius 2 is 1.80 bits per heavy atom. The number of rotatable bonds is 14. The predicted molar refractivity (Wildman–Crippen MR) is 151 cm³/mol. The van der Waals surface area contributed by atoms with Gasteiger partial charge >= 0.3 is 0 Å². The summed E-state index contributed by atoms with van der Waals surface area (Å²) >= 11 is 0. The predicted octanol–water partition coefficient (Wildman–Crippen LogP) is 4.61. The number of aromatic nitrogens is 2. The molecule has 2 atom stereocenters. The molecule has 1 heterocycles. The summed E-state index contributed by atoms with van der Waals surface area (Å²) in [5, 5.41) is 17.1. The van der Waals surface area contributed by atoms with Gasteiger partial charge in [-0.1, -0.05) is 31.2 Å². The molecule has 1 aromatic heterocycles. The number of amides is 1. The van der Waals surface area contributed by atoms with Crippen LogP contribution in [0.4, 0.5) is 8.78 Å². The quantitative estimate of drug-likeness (QED) is 0.184. The highest BCUT2D eigenvalue weighted by Gasteiger charge is 2.22. The van der Waals surface area contributed by atoms with Crippen molar-refractivity contribution in [3.63, 3.8) is 0 Å². The van der Waals surface area contributed by atoms with Gasteiger partial charge in [0.25, 0.3) is 0 Å². The number of ether oxygens (including phenoxy) is 1. The van der Waals surface area contributed by atoms with E-state index in [2.05, 4.69) is 39.7 Å². The summed E-state index contributed by atoms with van der Waals surface area (Å²) in [6.07, 6.45) is 0.480. The second-order valence-electron chi connectivity index (χ2n) is 9.82. The zero-order valence-electron chi connectivity index (χ0n) is 22.8. The van der Waals surface area contributed by atoms with Gasteiger partial charge in [-0.2, -0.15) is 0 Å². The third-order valence-electron chi connectivity index (χ3n) is 6.67. The molecule has 7 nitrogen and oxygen atoms in total. The number of hydrogen-bond donors (Lipinski definition) is 4. The smallest absolute Gasteiger partial charge is 0.220 e. The van der Waals surface area contributed by atoms with E-state index >= 15 is 0 Å². The van der Waals surface area contributed by atoms with Gasteiger partial charge in [-0.25, -0.2) is 13.8 Å². The molecule has 1 amide bonds. The Labute approximate surface area is 233 Å². The summed E-state index contributed by atoms with van der Waals surface area (Å²) in [4.78, 5) is 20.7. The minimum absolute atomic E-state index is 0.0689. The Balaban J connectivity index is 1.38. The molecule has 0 radical (unpaired) electrons. The van der Waals surface area contributed by atoms with Gasteiger partial charge < -0.3 is 25.5 Å². The zero-order chi connectivity index (χ0) is 28.5. The Bertz CT molecular complexity index is 1400. The van der Waals surface area contributed by atoms with Crippen LogP contribution in [0.5, 0.6) is 5.75 Å². The summed E-state index contributed by atoms with van der Waals surface area (Å²) in [6.45, 7) is 5.29. The number of hydrogen-bond acceptors (Lipinski definition) is 5. The van der Waals surface area contributed by atoms with E-state index in [0.717, 1.165) is 34.8 Å². The highest BCUT2D eigenvalue weighted by Crippen LogP contribution is 2.20. The molecule has 4 rings (SSSR count). The molecular weight excluding hydrogens is 514 g/mol. The fraction of sp³-hybridized carbons (Fsp3) is 0.355. The molecule has 0 aliphatic carbocycles. The second kappa shape index (κ2) is 14.0. The third-order valence-corrected chi connectivity index (χ3v) is 6.67. The minimum atomic E-state index is -0.993. The van der Waals surface area contributed by atoms with Crippen LogP contribution in [-0.2, 0) is 30.6 Å². The lowest BCUT2D eigenvalue weighted by molar-refractivity contribution is -0.122. The van der Waals surface area contributed by atoms with E-state index in [1.54, 1.807) is 0 Å². The van der Waals surface area contributed by atoms with Crippen LogP contribution in [0, 0.1) is 11.6 Å². The van der Waals surface area contributed by atoms with E-state index in [4.69, 9.17) is 4.74 Å². The summed E-state index contributed by atoms with van der Waals surface area (Å²) in [6, 6.07) is 16.2. The summed E-state index contributed by atoms with van der Waals surface area (Å²) in [5.41, 5.74) is 4.24. The van der Waals surface area contributed by atoms with Crippen LogP contribution in [0.15, 0.2) is 60.7 Å². The van der Waals surface area contributed by atoms with Crippen molar-refractivity contribution < 1.29 is 23.4 Å². The number of H-pyrrole nitrogens is 1. The molecule has 0 fully saturated rings. The van der Waals surface area contributed by atoms with Crippen LogP contribution in [0.3, 0.4) is 0 Å². The van der Waals surface area contributed by atoms with Gasteiger partial charge in [-0.05, 0) is 60.7 Å². The van der Waals surface area contributed by atoms with Crippen molar-refractivity contribution in [3.8, 4) is 5.75 Å². The van der Waals surface area contributed by atoms with Crippen molar-refractivity contribution in [2.24, 2.45) is 0 Å². The van der Waals surface area contributed by atoms with Crippen molar-refractivity contribution in [1.29, 1.82) is 0 Å². The number of imidazole rings is 1. The third kappa shape index (κ3) is 8.34. The molecule has 212 valence electrons. The molecule has 0 unspecified atom stereocenters. The highest BCUT2D eigenvalue weighted by atomic mass is 19.1. The first-order valence-electron chi connectivity index (χ1n) is 13.6. The average Bonchev–Trinajstić information content (AvgIpc) is 3.33. The molecule has 9 heteroatoms. The van der Waals surface area contributed by atoms with Gasteiger partial charge in [0.15, 0.2) is 0 Å². The fourth-order valence-corrected chi connectivity index (χ4v) is 4.66. The first kappa shape index (κ1) is 29.2. The molecule has 0 aliphatic rings. The number of aliphatic hydroxyl groups is 1. The van der Waals surface area contributed by atoms with Gasteiger partial charge in [0.05, 0.1) is 29.8 Å². The molecule has 0 spiro atoms. The number of carbonyl (C=O) groups excluding carboxylic acids is 1. The van der Waals surface area contributed by atoms with Crippen molar-refractivity contribution in [2.45, 2.75) is 58.2 Å². The standard InChI is InChI=1S/C31H36F2N4O3/c1-3-20-6-5-7-21(12-20)18-34-19-29(38)28(15-22-13-23(32)16-24(33)14-22)37-31(39)11-10-30-35-26-9-8-25(40-4-2)17-27(26)36-30/h5-9,12-14,16-17,28-29,34,38H,3-4,10-11,15,18-19H2,1-2H3,(H,35,36)(H,37,39)/t28-,29-/m1/s1. The molecule has 3 aromatic carbocycles. The number of nitrogens with one attached hydrogen (secondary N) is 3. The molecular formula is C31H36F2N4O3. The lowest BCUT2D eigenvalue weighted by Gasteiger charge is -2.25. The van der Waals surface area contributed by atoms with Crippen molar-refractivity contribution in [1.82, 2.24) is 20.6 Å². The monoisotopic (exact) mass is 550 g/mol. The lowest BCUT2D eigenvalue weighted by Crippen LogP contribution is -2.48. The van der Waals surface area contributed by atoms with Crippen LogP contribution >= 0.6 is 0 Å². The average molecular weight is 551 g/mol. The molecule has 0 saturated heterocycles. The Morgan fingerprint density at radius 3 is 2.55 bits per heavy atom. The van der Waals surface area contributed by atoms with Crippen molar-refractivity contribution >= 4 is 16.9 Å². The zero-order valence-corrected chi connectivity index (χ0v) is 22.8. The van der Waals surface area contributed by atoms with Gasteiger partial charge in [-0.15, -0.1) is 0 Å². The van der Waals surface area contributed by atoms with Gasteiger partial charge in [0.1, 0.15) is 23.2 Å². The topological polar surface area (TPSA) is 99.3 Å². The second-order valence-corrected chi connectivity index (χ2v) is 9.82. The first-order valence-corrected chi connectivity index (χ1v) is 13.6. The number of aryl methyl sites for hydroxylation is 2. The number of aromatic amines is 1. The SMILES string of the molecule is CCOc1ccc2nc(CCC(=O)N[C@H](Cc3cc(F)cc(F)c3)[C@H](O)CNCc3cccc(CC)c3)[nH]c2c1. The number of aliphatic hydroxyl groups excluding tert-OH is 1. The van der Waals surface area contributed by atoms with Gasteiger partial charge in [0, 0.05) is 38.1 Å². The van der Waals surface area contributed by atoms with Crippen LogP contribution < -0.4 is 15.4 Å². The van der Waals surface area contributed by atoms with Gasteiger partial charge in [0.2, 0.25) is 5.91 Å². The summed E-state index contributed by atoms with van der Waals surface area (Å²) in [5.74, 6) is -0.326. The number of halogens is 2. The molecule has 0 aliphatic heterocycles. The highest BCUT2D eigenvalue weighted by molar-refractivity contribution is 5.78. The van der Waals surface area contributed by atoms with E-state index in [9.17, 15) is 18.7 Å². The van der Waals surface area contributed by atoms with Crippen LogP contribution in [0.1, 0.15) is 42.8 Å². The molecule has 4 aromatic rings. The molecule has 4 N–H and O–H groups in total. The number of fused-ring (bicyclic) bond motifs is 1. The first-order chi connectivity index (χ1) is 19.3. The van der Waals surface area contributed by atoms with E-state index in [0.29, 0.717) is 31.0 Å². The molecule has 40 heavy (non-hydrogen) atoms. The van der Waals surface area contributed by atoms with Crippen LogP contribution in [0.25, 0.3) is 11.0 Å². The Kier molecular flexibility index (Phi) is 10.2. The minimum Gasteiger partial charge on any atom is -0.494 e. The number of carbonyl (C=O) groups is 1. The molecule has 0 saturated carbocycles. The maximum atomic E-state index is 13.8. The van der Waals surface area contributed by atoms with E-state index < -0.39 is 23.8 Å². The Hall–Kier alpha value is -3.82. The van der Waals surface area contributed by atoms with E-state index in [-0.39, 0.29) is 25.3 Å². The summed E-state index contributed by atoms with van der Waals surface area (Å²) in [7, 11) is 0. The van der Waals surface area contributed by atoms with Gasteiger partial charge in [-0.3, -0.25) is 4.79 Å². The largest absolute Gasteiger partial charge is 0.494 e. The molecule has 0 bridgehead atoms. The van der Waals surface area contributed by atoms with Crippen molar-refractivity contribution in [2.75, 3.05) is 13.2 Å². The number of nitrogens with zero attached hydrogens (tertiary/aromatic N) is 1. The van der Waals surface area contributed by atoms with Crippen molar-refractivity contribution in [3.05, 3.63) is 94.8 Å². The fourth-order valence-electron chi connectivity index (χ4n) is 4.66. The van der Waals surface area contributed by atoms with Crippen LogP contribution in [0.2, 0.25) is 0 Å². The van der Waals surface area contributed by atoms with Crippen LogP contribution in [-0.4, -0.2) is 46.3 Å².